The maximum absolute atomic E-state index is 6.00. The van der Waals surface area contributed by atoms with Gasteiger partial charge in [0, 0.05) is 12.2 Å². The van der Waals surface area contributed by atoms with E-state index in [1.165, 1.54) is 32.1 Å². The molecule has 0 aliphatic heterocycles. The number of aromatic nitrogens is 1. The van der Waals surface area contributed by atoms with Crippen LogP contribution in [0.15, 0.2) is 18.5 Å². The molecule has 0 aromatic carbocycles. The van der Waals surface area contributed by atoms with Crippen LogP contribution in [0.4, 0.5) is 11.4 Å². The van der Waals surface area contributed by atoms with Crippen LogP contribution in [0, 0.1) is 23.7 Å². The molecule has 0 amide bonds. The van der Waals surface area contributed by atoms with Crippen molar-refractivity contribution in [2.24, 2.45) is 23.7 Å². The summed E-state index contributed by atoms with van der Waals surface area (Å²) in [5.74, 6) is 3.82. The Labute approximate surface area is 108 Å². The van der Waals surface area contributed by atoms with Crippen molar-refractivity contribution >= 4 is 11.4 Å². The van der Waals surface area contributed by atoms with Crippen LogP contribution in [-0.4, -0.2) is 11.0 Å². The number of pyridine rings is 1. The zero-order chi connectivity index (χ0) is 12.1. The van der Waals surface area contributed by atoms with Gasteiger partial charge >= 0.3 is 0 Å². The first kappa shape index (κ1) is 10.7. The van der Waals surface area contributed by atoms with Gasteiger partial charge in [-0.3, -0.25) is 4.98 Å². The highest BCUT2D eigenvalue weighted by atomic mass is 15.0. The normalized spacial score (nSPS) is 41.0. The number of nitrogens with one attached hydrogen (secondary N) is 1. The number of anilines is 2. The number of nitrogens with two attached hydrogens (primary N) is 1. The van der Waals surface area contributed by atoms with Gasteiger partial charge in [0.15, 0.2) is 0 Å². The first-order chi connectivity index (χ1) is 8.79. The molecule has 0 atom stereocenters. The van der Waals surface area contributed by atoms with Crippen molar-refractivity contribution in [2.45, 2.75) is 38.1 Å². The van der Waals surface area contributed by atoms with Gasteiger partial charge in [-0.15, -0.1) is 0 Å². The van der Waals surface area contributed by atoms with Gasteiger partial charge in [0.25, 0.3) is 0 Å². The van der Waals surface area contributed by atoms with Gasteiger partial charge in [0.2, 0.25) is 0 Å². The maximum atomic E-state index is 6.00. The van der Waals surface area contributed by atoms with E-state index < -0.39 is 0 Å². The Kier molecular flexibility index (Phi) is 2.29. The molecule has 1 aromatic rings. The number of nitrogen functional groups attached to an aromatic ring is 1. The largest absolute Gasteiger partial charge is 0.396 e. The van der Waals surface area contributed by atoms with E-state index >= 15 is 0 Å². The highest BCUT2D eigenvalue weighted by molar-refractivity contribution is 5.64. The Bertz CT molecular complexity index is 429. The van der Waals surface area contributed by atoms with Gasteiger partial charge in [0.05, 0.1) is 17.6 Å². The SMILES string of the molecule is Nc1cnccc1NC1C2CC3CC(C2)CC1C3. The second kappa shape index (κ2) is 3.87. The smallest absolute Gasteiger partial charge is 0.0736 e. The lowest BCUT2D eigenvalue weighted by Crippen LogP contribution is -2.51. The molecule has 5 rings (SSSR count). The molecule has 3 nitrogen and oxygen atoms in total. The molecule has 4 aliphatic carbocycles. The summed E-state index contributed by atoms with van der Waals surface area (Å²) in [5, 5.41) is 3.73. The van der Waals surface area contributed by atoms with Crippen LogP contribution in [0.5, 0.6) is 0 Å². The predicted molar refractivity (Wildman–Crippen MR) is 73.1 cm³/mol. The zero-order valence-corrected chi connectivity index (χ0v) is 10.7. The molecular weight excluding hydrogens is 222 g/mol. The van der Waals surface area contributed by atoms with E-state index in [0.29, 0.717) is 6.04 Å². The Morgan fingerprint density at radius 3 is 2.33 bits per heavy atom. The summed E-state index contributed by atoms with van der Waals surface area (Å²) in [7, 11) is 0. The first-order valence-corrected chi connectivity index (χ1v) is 7.25. The van der Waals surface area contributed by atoms with Crippen LogP contribution in [-0.2, 0) is 0 Å². The van der Waals surface area contributed by atoms with E-state index in [4.69, 9.17) is 5.73 Å². The Morgan fingerprint density at radius 1 is 1.06 bits per heavy atom. The van der Waals surface area contributed by atoms with Gasteiger partial charge < -0.3 is 11.1 Å². The van der Waals surface area contributed by atoms with Crippen molar-refractivity contribution in [1.29, 1.82) is 0 Å². The standard InChI is InChI=1S/C15H21N3/c16-13-8-17-2-1-14(13)18-15-11-4-9-3-10(6-11)7-12(15)5-9/h1-2,8-12,15H,3-7,16H2,(H,17,18). The Hall–Kier alpha value is -1.25. The molecule has 3 N–H and O–H groups in total. The molecule has 0 unspecified atom stereocenters. The lowest BCUT2D eigenvalue weighted by Gasteiger charge is -2.54. The molecule has 4 fully saturated rings. The lowest BCUT2D eigenvalue weighted by atomic mass is 9.54. The summed E-state index contributed by atoms with van der Waals surface area (Å²) in [6, 6.07) is 2.67. The minimum atomic E-state index is 0.655. The topological polar surface area (TPSA) is 50.9 Å². The third-order valence-corrected chi connectivity index (χ3v) is 5.40. The molecule has 96 valence electrons. The van der Waals surface area contributed by atoms with Crippen LogP contribution in [0.2, 0.25) is 0 Å². The van der Waals surface area contributed by atoms with Crippen LogP contribution >= 0.6 is 0 Å². The van der Waals surface area contributed by atoms with Crippen LogP contribution in [0.1, 0.15) is 32.1 Å². The third kappa shape index (κ3) is 1.60. The number of hydrogen-bond acceptors (Lipinski definition) is 3. The number of rotatable bonds is 2. The lowest BCUT2D eigenvalue weighted by molar-refractivity contribution is 0.00756. The third-order valence-electron chi connectivity index (χ3n) is 5.40. The quantitative estimate of drug-likeness (QED) is 0.839. The molecule has 0 spiro atoms. The fourth-order valence-electron chi connectivity index (χ4n) is 4.88. The van der Waals surface area contributed by atoms with Crippen molar-refractivity contribution in [1.82, 2.24) is 4.98 Å². The average Bonchev–Trinajstić information content (AvgIpc) is 2.35. The Balaban J connectivity index is 1.57. The summed E-state index contributed by atoms with van der Waals surface area (Å²) in [6.45, 7) is 0. The van der Waals surface area contributed by atoms with Crippen LogP contribution in [0.3, 0.4) is 0 Å². The minimum Gasteiger partial charge on any atom is -0.396 e. The summed E-state index contributed by atoms with van der Waals surface area (Å²) in [5.41, 5.74) is 7.87. The van der Waals surface area contributed by atoms with E-state index in [2.05, 4.69) is 10.3 Å². The molecular formula is C15H21N3. The monoisotopic (exact) mass is 243 g/mol. The zero-order valence-electron chi connectivity index (χ0n) is 10.7. The maximum Gasteiger partial charge on any atom is 0.0736 e. The van der Waals surface area contributed by atoms with E-state index in [-0.39, 0.29) is 0 Å². The van der Waals surface area contributed by atoms with Crippen molar-refractivity contribution in [3.63, 3.8) is 0 Å². The first-order valence-electron chi connectivity index (χ1n) is 7.25. The molecule has 4 aliphatic rings. The molecule has 1 heterocycles. The van der Waals surface area contributed by atoms with Gasteiger partial charge in [-0.25, -0.2) is 0 Å². The summed E-state index contributed by atoms with van der Waals surface area (Å²) in [4.78, 5) is 4.06. The van der Waals surface area contributed by atoms with E-state index in [1.807, 2.05) is 12.3 Å². The fourth-order valence-corrected chi connectivity index (χ4v) is 4.88. The van der Waals surface area contributed by atoms with Gasteiger partial charge in [0.1, 0.15) is 0 Å². The van der Waals surface area contributed by atoms with E-state index in [1.54, 1.807) is 6.20 Å². The van der Waals surface area contributed by atoms with Crippen molar-refractivity contribution in [3.05, 3.63) is 18.5 Å². The summed E-state index contributed by atoms with van der Waals surface area (Å²) in [6.07, 6.45) is 10.8. The van der Waals surface area contributed by atoms with Gasteiger partial charge in [-0.2, -0.15) is 0 Å². The van der Waals surface area contributed by atoms with Gasteiger partial charge in [-0.1, -0.05) is 0 Å². The predicted octanol–water partition coefficient (Wildman–Crippen LogP) is 2.90. The number of hydrogen-bond donors (Lipinski definition) is 2. The molecule has 1 aromatic heterocycles. The molecule has 0 saturated heterocycles. The fraction of sp³-hybridized carbons (Fsp3) is 0.667. The van der Waals surface area contributed by atoms with Crippen LogP contribution < -0.4 is 11.1 Å². The highest BCUT2D eigenvalue weighted by Gasteiger charge is 2.48. The summed E-state index contributed by atoms with van der Waals surface area (Å²) < 4.78 is 0. The Morgan fingerprint density at radius 2 is 1.72 bits per heavy atom. The molecule has 3 heteroatoms. The molecule has 4 saturated carbocycles. The van der Waals surface area contributed by atoms with E-state index in [9.17, 15) is 0 Å². The molecule has 0 radical (unpaired) electrons. The van der Waals surface area contributed by atoms with Gasteiger partial charge in [-0.05, 0) is 61.8 Å². The average molecular weight is 243 g/mol. The van der Waals surface area contributed by atoms with Crippen LogP contribution in [0.25, 0.3) is 0 Å². The highest BCUT2D eigenvalue weighted by Crippen LogP contribution is 2.54. The molecule has 18 heavy (non-hydrogen) atoms. The second-order valence-corrected chi connectivity index (χ2v) is 6.56. The molecule has 4 bridgehead atoms. The van der Waals surface area contributed by atoms with Crippen molar-refractivity contribution in [2.75, 3.05) is 11.1 Å². The van der Waals surface area contributed by atoms with Crippen molar-refractivity contribution in [3.8, 4) is 0 Å². The summed E-state index contributed by atoms with van der Waals surface area (Å²) >= 11 is 0. The second-order valence-electron chi connectivity index (χ2n) is 6.56. The van der Waals surface area contributed by atoms with E-state index in [0.717, 1.165) is 35.0 Å². The van der Waals surface area contributed by atoms with Crippen molar-refractivity contribution < 1.29 is 0 Å². The minimum absolute atomic E-state index is 0.655. The number of nitrogens with zero attached hydrogens (tertiary/aromatic N) is 1.